The quantitative estimate of drug-likeness (QED) is 0.744. The van der Waals surface area contributed by atoms with Gasteiger partial charge in [0.1, 0.15) is 5.56 Å². The molecule has 1 heterocycles. The van der Waals surface area contributed by atoms with Crippen LogP contribution in [0.2, 0.25) is 0 Å². The molecule has 1 aromatic heterocycles. The van der Waals surface area contributed by atoms with Gasteiger partial charge in [0.2, 0.25) is 0 Å². The maximum atomic E-state index is 12.6. The van der Waals surface area contributed by atoms with Gasteiger partial charge in [-0.2, -0.15) is 0 Å². The Morgan fingerprint density at radius 1 is 1.19 bits per heavy atom. The van der Waals surface area contributed by atoms with Crippen LogP contribution in [0.1, 0.15) is 54.2 Å². The van der Waals surface area contributed by atoms with Crippen molar-refractivity contribution in [3.8, 4) is 0 Å². The number of H-pyrrole nitrogens is 1. The summed E-state index contributed by atoms with van der Waals surface area (Å²) in [6.07, 6.45) is 6.02. The van der Waals surface area contributed by atoms with E-state index in [4.69, 9.17) is 4.74 Å². The average Bonchev–Trinajstić information content (AvgIpc) is 3.14. The molecule has 0 spiro atoms. The molecule has 0 bridgehead atoms. The molecule has 1 aliphatic carbocycles. The summed E-state index contributed by atoms with van der Waals surface area (Å²) >= 11 is 0. The Morgan fingerprint density at radius 2 is 1.92 bits per heavy atom. The molecule has 2 N–H and O–H groups in total. The van der Waals surface area contributed by atoms with Crippen molar-refractivity contribution in [2.75, 3.05) is 11.9 Å². The van der Waals surface area contributed by atoms with Gasteiger partial charge in [0, 0.05) is 11.7 Å². The van der Waals surface area contributed by atoms with Gasteiger partial charge >= 0.3 is 5.97 Å². The van der Waals surface area contributed by atoms with Crippen LogP contribution in [0, 0.1) is 0 Å². The molecule has 5 heteroatoms. The lowest BCUT2D eigenvalue weighted by Gasteiger charge is -2.17. The minimum atomic E-state index is -0.566. The first-order chi connectivity index (χ1) is 12.7. The third kappa shape index (κ3) is 4.54. The van der Waals surface area contributed by atoms with Crippen LogP contribution >= 0.6 is 0 Å². The van der Waals surface area contributed by atoms with Crippen LogP contribution in [0.15, 0.2) is 41.2 Å². The number of ether oxygens (including phenoxy) is 1. The van der Waals surface area contributed by atoms with E-state index in [1.807, 2.05) is 24.3 Å². The van der Waals surface area contributed by atoms with E-state index in [-0.39, 0.29) is 17.7 Å². The van der Waals surface area contributed by atoms with Crippen LogP contribution in [-0.2, 0) is 17.6 Å². The number of hydrogen-bond donors (Lipinski definition) is 2. The third-order valence-corrected chi connectivity index (χ3v) is 4.81. The number of aryl methyl sites for hydroxylation is 2. The third-order valence-electron chi connectivity index (χ3n) is 4.81. The van der Waals surface area contributed by atoms with Crippen molar-refractivity contribution < 1.29 is 9.53 Å². The zero-order chi connectivity index (χ0) is 18.4. The molecule has 0 atom stereocenters. The van der Waals surface area contributed by atoms with Crippen molar-refractivity contribution in [2.45, 2.75) is 51.5 Å². The zero-order valence-electron chi connectivity index (χ0n) is 15.2. The predicted molar refractivity (Wildman–Crippen MR) is 103 cm³/mol. The van der Waals surface area contributed by atoms with Gasteiger partial charge in [-0.15, -0.1) is 0 Å². The SMILES string of the molecule is CCOC(=O)c1c(NC2CCCC2)cc(CCc2ccccc2)[nH]c1=O. The number of anilines is 1. The predicted octanol–water partition coefficient (Wildman–Crippen LogP) is 3.69. The molecule has 0 aliphatic heterocycles. The highest BCUT2D eigenvalue weighted by atomic mass is 16.5. The van der Waals surface area contributed by atoms with Gasteiger partial charge in [0.15, 0.2) is 0 Å². The molecule has 1 saturated carbocycles. The summed E-state index contributed by atoms with van der Waals surface area (Å²) in [5, 5.41) is 3.41. The number of esters is 1. The normalized spacial score (nSPS) is 14.3. The van der Waals surface area contributed by atoms with Gasteiger partial charge in [-0.1, -0.05) is 43.2 Å². The summed E-state index contributed by atoms with van der Waals surface area (Å²) in [6, 6.07) is 12.4. The Morgan fingerprint density at radius 3 is 2.62 bits per heavy atom. The fourth-order valence-corrected chi connectivity index (χ4v) is 3.48. The Balaban J connectivity index is 1.85. The molecule has 0 saturated heterocycles. The van der Waals surface area contributed by atoms with E-state index in [1.54, 1.807) is 6.92 Å². The standard InChI is InChI=1S/C21H26N2O3/c1-2-26-21(25)19-18(22-16-10-6-7-11-16)14-17(23-20(19)24)13-12-15-8-4-3-5-9-15/h3-5,8-9,14,16H,2,6-7,10-13H2,1H3,(H2,22,23,24). The maximum absolute atomic E-state index is 12.6. The Kier molecular flexibility index (Phi) is 6.10. The van der Waals surface area contributed by atoms with E-state index in [9.17, 15) is 9.59 Å². The van der Waals surface area contributed by atoms with E-state index >= 15 is 0 Å². The molecular weight excluding hydrogens is 328 g/mol. The van der Waals surface area contributed by atoms with Crippen LogP contribution in [-0.4, -0.2) is 23.6 Å². The van der Waals surface area contributed by atoms with Crippen LogP contribution < -0.4 is 10.9 Å². The fraction of sp³-hybridized carbons (Fsp3) is 0.429. The van der Waals surface area contributed by atoms with Gasteiger partial charge < -0.3 is 15.0 Å². The van der Waals surface area contributed by atoms with E-state index in [0.717, 1.165) is 25.0 Å². The minimum absolute atomic E-state index is 0.0854. The molecule has 2 aromatic rings. The number of hydrogen-bond acceptors (Lipinski definition) is 4. The van der Waals surface area contributed by atoms with Crippen molar-refractivity contribution in [3.63, 3.8) is 0 Å². The first-order valence-corrected chi connectivity index (χ1v) is 9.41. The van der Waals surface area contributed by atoms with E-state index < -0.39 is 5.97 Å². The summed E-state index contributed by atoms with van der Waals surface area (Å²) < 4.78 is 5.08. The molecule has 0 radical (unpaired) electrons. The van der Waals surface area contributed by atoms with E-state index in [2.05, 4.69) is 22.4 Å². The zero-order valence-corrected chi connectivity index (χ0v) is 15.2. The number of nitrogens with one attached hydrogen (secondary N) is 2. The smallest absolute Gasteiger partial charge is 0.345 e. The fourth-order valence-electron chi connectivity index (χ4n) is 3.48. The molecule has 1 aliphatic rings. The van der Waals surface area contributed by atoms with Crippen LogP contribution in [0.25, 0.3) is 0 Å². The van der Waals surface area contributed by atoms with Gasteiger partial charge in [0.25, 0.3) is 5.56 Å². The highest BCUT2D eigenvalue weighted by molar-refractivity contribution is 5.95. The number of aromatic nitrogens is 1. The highest BCUT2D eigenvalue weighted by Gasteiger charge is 2.22. The Labute approximate surface area is 153 Å². The number of carbonyl (C=O) groups is 1. The number of rotatable bonds is 7. The highest BCUT2D eigenvalue weighted by Crippen LogP contribution is 2.24. The van der Waals surface area contributed by atoms with Crippen molar-refractivity contribution in [2.24, 2.45) is 0 Å². The number of carbonyl (C=O) groups excluding carboxylic acids is 1. The first kappa shape index (κ1) is 18.2. The number of benzene rings is 1. The summed E-state index contributed by atoms with van der Waals surface area (Å²) in [5.41, 5.74) is 2.35. The van der Waals surface area contributed by atoms with Crippen molar-refractivity contribution >= 4 is 11.7 Å². The molecule has 3 rings (SSSR count). The molecule has 26 heavy (non-hydrogen) atoms. The molecule has 0 unspecified atom stereocenters. The number of aromatic amines is 1. The lowest BCUT2D eigenvalue weighted by Crippen LogP contribution is -2.26. The van der Waals surface area contributed by atoms with Crippen molar-refractivity contribution in [1.29, 1.82) is 0 Å². The van der Waals surface area contributed by atoms with E-state index in [0.29, 0.717) is 18.2 Å². The van der Waals surface area contributed by atoms with Crippen LogP contribution in [0.5, 0.6) is 0 Å². The second-order valence-electron chi connectivity index (χ2n) is 6.74. The monoisotopic (exact) mass is 354 g/mol. The molecule has 5 nitrogen and oxygen atoms in total. The van der Waals surface area contributed by atoms with Crippen LogP contribution in [0.3, 0.4) is 0 Å². The second-order valence-corrected chi connectivity index (χ2v) is 6.74. The van der Waals surface area contributed by atoms with Gasteiger partial charge in [-0.3, -0.25) is 4.79 Å². The molecular formula is C21H26N2O3. The number of pyridine rings is 1. The topological polar surface area (TPSA) is 71.2 Å². The lowest BCUT2D eigenvalue weighted by molar-refractivity contribution is 0.0525. The molecule has 0 amide bonds. The van der Waals surface area contributed by atoms with Gasteiger partial charge in [0.05, 0.1) is 12.3 Å². The summed E-state index contributed by atoms with van der Waals surface area (Å²) in [7, 11) is 0. The Hall–Kier alpha value is -2.56. The van der Waals surface area contributed by atoms with Gasteiger partial charge in [-0.05, 0) is 44.2 Å². The first-order valence-electron chi connectivity index (χ1n) is 9.41. The summed E-state index contributed by atoms with van der Waals surface area (Å²) in [4.78, 5) is 27.7. The summed E-state index contributed by atoms with van der Waals surface area (Å²) in [5.74, 6) is -0.566. The van der Waals surface area contributed by atoms with Crippen LogP contribution in [0.4, 0.5) is 5.69 Å². The maximum Gasteiger partial charge on any atom is 0.345 e. The minimum Gasteiger partial charge on any atom is -0.462 e. The second kappa shape index (κ2) is 8.70. The van der Waals surface area contributed by atoms with E-state index in [1.165, 1.54) is 18.4 Å². The van der Waals surface area contributed by atoms with Crippen molar-refractivity contribution in [3.05, 3.63) is 63.6 Å². The molecule has 1 fully saturated rings. The lowest BCUT2D eigenvalue weighted by atomic mass is 10.1. The summed E-state index contributed by atoms with van der Waals surface area (Å²) in [6.45, 7) is 1.99. The average molecular weight is 354 g/mol. The van der Waals surface area contributed by atoms with Crippen molar-refractivity contribution in [1.82, 2.24) is 4.98 Å². The largest absolute Gasteiger partial charge is 0.462 e. The molecule has 1 aromatic carbocycles. The van der Waals surface area contributed by atoms with Gasteiger partial charge in [-0.25, -0.2) is 4.79 Å². The molecule has 138 valence electrons. The Bertz CT molecular complexity index is 793.